The summed E-state index contributed by atoms with van der Waals surface area (Å²) >= 11 is 0. The normalized spacial score (nSPS) is 10.8. The molecule has 0 atom stereocenters. The van der Waals surface area contributed by atoms with Crippen LogP contribution in [0.15, 0.2) is 95.7 Å². The highest BCUT2D eigenvalue weighted by Crippen LogP contribution is 2.32. The second kappa shape index (κ2) is 9.95. The lowest BCUT2D eigenvalue weighted by Crippen LogP contribution is -2.23. The molecular formula is C27H23N5O2. The van der Waals surface area contributed by atoms with Crippen LogP contribution in [0, 0.1) is 0 Å². The van der Waals surface area contributed by atoms with Crippen molar-refractivity contribution in [2.24, 2.45) is 0 Å². The first-order valence-electron chi connectivity index (χ1n) is 11.1. The first kappa shape index (κ1) is 21.3. The molecule has 5 aromatic rings. The monoisotopic (exact) mass is 449 g/mol. The zero-order valence-electron chi connectivity index (χ0n) is 18.4. The molecule has 0 bridgehead atoms. The van der Waals surface area contributed by atoms with Crippen LogP contribution in [-0.4, -0.2) is 26.1 Å². The molecular weight excluding hydrogens is 426 g/mol. The van der Waals surface area contributed by atoms with Gasteiger partial charge in [0.1, 0.15) is 12.0 Å². The molecule has 168 valence electrons. The van der Waals surface area contributed by atoms with E-state index < -0.39 is 0 Å². The molecule has 0 aliphatic heterocycles. The van der Waals surface area contributed by atoms with Crippen molar-refractivity contribution in [1.29, 1.82) is 0 Å². The average Bonchev–Trinajstić information content (AvgIpc) is 3.58. The molecule has 7 nitrogen and oxygen atoms in total. The fourth-order valence-corrected chi connectivity index (χ4v) is 3.73. The summed E-state index contributed by atoms with van der Waals surface area (Å²) in [5, 5.41) is 9.70. The van der Waals surface area contributed by atoms with Gasteiger partial charge in [0.25, 0.3) is 0 Å². The smallest absolute Gasteiger partial charge is 0.220 e. The van der Waals surface area contributed by atoms with Crippen LogP contribution in [0.25, 0.3) is 34.0 Å². The maximum Gasteiger partial charge on any atom is 0.220 e. The van der Waals surface area contributed by atoms with E-state index in [-0.39, 0.29) is 12.3 Å². The fraction of sp³-hybridized carbons (Fsp3) is 0.111. The van der Waals surface area contributed by atoms with Gasteiger partial charge < -0.3 is 9.73 Å². The number of oxazole rings is 1. The molecule has 2 heterocycles. The summed E-state index contributed by atoms with van der Waals surface area (Å²) in [4.78, 5) is 21.4. The number of aromatic nitrogens is 4. The SMILES string of the molecule is O=C(CCc1nc(-c2ccccc2)c(-c2ccccc2)o1)NCc1cccc(-c2ncn[nH]2)c1. The molecule has 0 radical (unpaired) electrons. The van der Waals surface area contributed by atoms with E-state index in [1.165, 1.54) is 6.33 Å². The van der Waals surface area contributed by atoms with Gasteiger partial charge in [0.05, 0.1) is 0 Å². The van der Waals surface area contributed by atoms with Gasteiger partial charge in [0, 0.05) is 36.1 Å². The highest BCUT2D eigenvalue weighted by Gasteiger charge is 2.17. The quantitative estimate of drug-likeness (QED) is 0.346. The number of hydrogen-bond acceptors (Lipinski definition) is 5. The van der Waals surface area contributed by atoms with Gasteiger partial charge in [-0.25, -0.2) is 9.97 Å². The van der Waals surface area contributed by atoms with Crippen molar-refractivity contribution in [2.45, 2.75) is 19.4 Å². The van der Waals surface area contributed by atoms with E-state index in [0.717, 1.165) is 27.9 Å². The number of benzene rings is 3. The molecule has 5 rings (SSSR count). The maximum absolute atomic E-state index is 12.5. The number of nitrogens with zero attached hydrogens (tertiary/aromatic N) is 3. The van der Waals surface area contributed by atoms with Crippen LogP contribution < -0.4 is 5.32 Å². The second-order valence-electron chi connectivity index (χ2n) is 7.83. The van der Waals surface area contributed by atoms with Crippen LogP contribution in [0.4, 0.5) is 0 Å². The first-order chi connectivity index (χ1) is 16.8. The van der Waals surface area contributed by atoms with Gasteiger partial charge in [-0.3, -0.25) is 9.89 Å². The van der Waals surface area contributed by atoms with Crippen molar-refractivity contribution in [3.05, 3.63) is 103 Å². The van der Waals surface area contributed by atoms with E-state index in [1.807, 2.05) is 84.9 Å². The Bertz CT molecular complexity index is 1310. The van der Waals surface area contributed by atoms with Gasteiger partial charge in [-0.2, -0.15) is 5.10 Å². The van der Waals surface area contributed by atoms with Gasteiger partial charge in [-0.15, -0.1) is 0 Å². The number of carbonyl (C=O) groups excluding carboxylic acids is 1. The Balaban J connectivity index is 1.25. The number of hydrogen-bond donors (Lipinski definition) is 2. The van der Waals surface area contributed by atoms with Crippen LogP contribution in [0.1, 0.15) is 17.9 Å². The maximum atomic E-state index is 12.5. The first-order valence-corrected chi connectivity index (χ1v) is 11.1. The fourth-order valence-electron chi connectivity index (χ4n) is 3.73. The van der Waals surface area contributed by atoms with Crippen molar-refractivity contribution in [3.8, 4) is 34.0 Å². The van der Waals surface area contributed by atoms with Crippen molar-refractivity contribution < 1.29 is 9.21 Å². The highest BCUT2D eigenvalue weighted by molar-refractivity contribution is 5.78. The summed E-state index contributed by atoms with van der Waals surface area (Å²) in [5.74, 6) is 1.89. The van der Waals surface area contributed by atoms with Crippen LogP contribution >= 0.6 is 0 Å². The topological polar surface area (TPSA) is 96.7 Å². The molecule has 0 unspecified atom stereocenters. The van der Waals surface area contributed by atoms with Crippen LogP contribution in [0.2, 0.25) is 0 Å². The van der Waals surface area contributed by atoms with E-state index >= 15 is 0 Å². The van der Waals surface area contributed by atoms with E-state index in [1.54, 1.807) is 0 Å². The van der Waals surface area contributed by atoms with Crippen molar-refractivity contribution in [3.63, 3.8) is 0 Å². The molecule has 1 amide bonds. The zero-order chi connectivity index (χ0) is 23.2. The molecule has 0 aliphatic rings. The zero-order valence-corrected chi connectivity index (χ0v) is 18.4. The molecule has 34 heavy (non-hydrogen) atoms. The second-order valence-corrected chi connectivity index (χ2v) is 7.83. The summed E-state index contributed by atoms with van der Waals surface area (Å²) in [7, 11) is 0. The number of aromatic amines is 1. The molecule has 2 aromatic heterocycles. The molecule has 3 aromatic carbocycles. The van der Waals surface area contributed by atoms with Crippen molar-refractivity contribution >= 4 is 5.91 Å². The lowest BCUT2D eigenvalue weighted by Gasteiger charge is -2.06. The van der Waals surface area contributed by atoms with Crippen molar-refractivity contribution in [1.82, 2.24) is 25.5 Å². The Morgan fingerprint density at radius 1 is 0.882 bits per heavy atom. The van der Waals surface area contributed by atoms with Crippen LogP contribution in [0.3, 0.4) is 0 Å². The highest BCUT2D eigenvalue weighted by atomic mass is 16.4. The number of aryl methyl sites for hydroxylation is 1. The molecule has 0 aliphatic carbocycles. The van der Waals surface area contributed by atoms with Gasteiger partial charge in [0.15, 0.2) is 17.5 Å². The van der Waals surface area contributed by atoms with Gasteiger partial charge in [-0.1, -0.05) is 78.9 Å². The minimum Gasteiger partial charge on any atom is -0.440 e. The number of amides is 1. The van der Waals surface area contributed by atoms with E-state index in [2.05, 4.69) is 20.5 Å². The Morgan fingerprint density at radius 3 is 2.35 bits per heavy atom. The van der Waals surface area contributed by atoms with Crippen LogP contribution in [-0.2, 0) is 17.8 Å². The van der Waals surface area contributed by atoms with Gasteiger partial charge in [0.2, 0.25) is 5.91 Å². The van der Waals surface area contributed by atoms with Gasteiger partial charge >= 0.3 is 0 Å². The summed E-state index contributed by atoms with van der Waals surface area (Å²) in [5.41, 5.74) is 4.62. The Morgan fingerprint density at radius 2 is 1.62 bits per heavy atom. The third-order valence-electron chi connectivity index (χ3n) is 5.43. The van der Waals surface area contributed by atoms with Crippen LogP contribution in [0.5, 0.6) is 0 Å². The van der Waals surface area contributed by atoms with E-state index in [0.29, 0.717) is 30.4 Å². The average molecular weight is 450 g/mol. The molecule has 0 saturated carbocycles. The number of carbonyl (C=O) groups is 1. The minimum absolute atomic E-state index is 0.0641. The molecule has 0 spiro atoms. The van der Waals surface area contributed by atoms with E-state index in [9.17, 15) is 4.79 Å². The summed E-state index contributed by atoms with van der Waals surface area (Å²) in [6.07, 6.45) is 2.17. The third kappa shape index (κ3) is 4.94. The Labute approximate surface area is 196 Å². The predicted octanol–water partition coefficient (Wildman–Crippen LogP) is 5.04. The largest absolute Gasteiger partial charge is 0.440 e. The predicted molar refractivity (Wildman–Crippen MR) is 129 cm³/mol. The molecule has 2 N–H and O–H groups in total. The molecule has 0 fully saturated rings. The summed E-state index contributed by atoms with van der Waals surface area (Å²) < 4.78 is 6.12. The standard InChI is InChI=1S/C27H23N5O2/c33-23(28-17-19-8-7-13-22(16-19)27-29-18-30-32-27)14-15-24-31-25(20-9-3-1-4-10-20)26(34-24)21-11-5-2-6-12-21/h1-13,16,18H,14-15,17H2,(H,28,33)(H,29,30,32). The molecule has 0 saturated heterocycles. The summed E-state index contributed by atoms with van der Waals surface area (Å²) in [6.45, 7) is 0.428. The lowest BCUT2D eigenvalue weighted by molar-refractivity contribution is -0.121. The van der Waals surface area contributed by atoms with Crippen molar-refractivity contribution in [2.75, 3.05) is 0 Å². The number of nitrogens with one attached hydrogen (secondary N) is 2. The summed E-state index contributed by atoms with van der Waals surface area (Å²) in [6, 6.07) is 27.7. The number of H-pyrrole nitrogens is 1. The van der Waals surface area contributed by atoms with E-state index in [4.69, 9.17) is 9.40 Å². The number of rotatable bonds is 8. The lowest BCUT2D eigenvalue weighted by atomic mass is 10.1. The Kier molecular flexibility index (Phi) is 6.25. The molecule has 7 heteroatoms. The minimum atomic E-state index is -0.0641. The Hall–Kier alpha value is -4.52. The van der Waals surface area contributed by atoms with Gasteiger partial charge in [-0.05, 0) is 11.6 Å². The third-order valence-corrected chi connectivity index (χ3v) is 5.43.